The summed E-state index contributed by atoms with van der Waals surface area (Å²) in [6.07, 6.45) is 2.32. The fourth-order valence-electron chi connectivity index (χ4n) is 3.99. The van der Waals surface area contributed by atoms with E-state index in [0.29, 0.717) is 18.5 Å². The van der Waals surface area contributed by atoms with Crippen LogP contribution in [0.5, 0.6) is 0 Å². The molecule has 1 unspecified atom stereocenters. The molecular formula is C25H26N2O3. The molecular weight excluding hydrogens is 376 g/mol. The first-order valence-corrected chi connectivity index (χ1v) is 10.4. The number of carbonyl (C=O) groups excluding carboxylic acids is 2. The number of fused-ring (bicyclic) bond motifs is 3. The summed E-state index contributed by atoms with van der Waals surface area (Å²) in [5, 5.41) is 1.07. The summed E-state index contributed by atoms with van der Waals surface area (Å²) < 4.78 is 5.31. The zero-order valence-electron chi connectivity index (χ0n) is 17.6. The number of nitrogens with one attached hydrogen (secondary N) is 1. The summed E-state index contributed by atoms with van der Waals surface area (Å²) in [7, 11) is 0. The monoisotopic (exact) mass is 402 g/mol. The average Bonchev–Trinajstić information content (AvgIpc) is 3.01. The smallest absolute Gasteiger partial charge is 0.341 e. The predicted molar refractivity (Wildman–Crippen MR) is 118 cm³/mol. The summed E-state index contributed by atoms with van der Waals surface area (Å²) in [5.41, 5.74) is 5.28. The highest BCUT2D eigenvalue weighted by Gasteiger charge is 2.29. The third-order valence-corrected chi connectivity index (χ3v) is 5.70. The molecule has 0 spiro atoms. The van der Waals surface area contributed by atoms with E-state index in [1.165, 1.54) is 0 Å². The molecule has 2 aromatic carbocycles. The maximum Gasteiger partial charge on any atom is 0.341 e. The van der Waals surface area contributed by atoms with Crippen molar-refractivity contribution in [1.82, 2.24) is 9.88 Å². The third kappa shape index (κ3) is 3.63. The number of aromatic nitrogens is 1. The first kappa shape index (κ1) is 20.0. The van der Waals surface area contributed by atoms with Crippen molar-refractivity contribution in [2.45, 2.75) is 33.1 Å². The summed E-state index contributed by atoms with van der Waals surface area (Å²) >= 11 is 0. The normalized spacial score (nSPS) is 14.6. The van der Waals surface area contributed by atoms with Crippen LogP contribution in [0.4, 0.5) is 0 Å². The van der Waals surface area contributed by atoms with Crippen molar-refractivity contribution in [2.24, 2.45) is 0 Å². The van der Waals surface area contributed by atoms with Gasteiger partial charge in [0.05, 0.1) is 23.8 Å². The van der Waals surface area contributed by atoms with Crippen LogP contribution >= 0.6 is 0 Å². The summed E-state index contributed by atoms with van der Waals surface area (Å²) in [6, 6.07) is 16.0. The van der Waals surface area contributed by atoms with Crippen molar-refractivity contribution in [3.05, 3.63) is 77.1 Å². The number of carbonyl (C=O) groups is 2. The molecule has 0 aliphatic carbocycles. The van der Waals surface area contributed by atoms with E-state index in [1.54, 1.807) is 18.0 Å². The van der Waals surface area contributed by atoms with Gasteiger partial charge in [0.2, 0.25) is 5.91 Å². The van der Waals surface area contributed by atoms with Gasteiger partial charge >= 0.3 is 5.97 Å². The van der Waals surface area contributed by atoms with Gasteiger partial charge in [-0.1, -0.05) is 48.0 Å². The highest BCUT2D eigenvalue weighted by molar-refractivity contribution is 6.18. The fraction of sp³-hybridized carbons (Fsp3) is 0.280. The first-order valence-electron chi connectivity index (χ1n) is 10.4. The summed E-state index contributed by atoms with van der Waals surface area (Å²) in [5.74, 6) is -0.762. The summed E-state index contributed by atoms with van der Waals surface area (Å²) in [6.45, 7) is 6.50. The second-order valence-corrected chi connectivity index (χ2v) is 7.70. The Morgan fingerprint density at radius 1 is 1.13 bits per heavy atom. The molecule has 0 saturated heterocycles. The molecule has 4 rings (SSSR count). The number of hydrogen-bond donors (Lipinski definition) is 1. The Bertz CT molecular complexity index is 1130. The molecule has 0 fully saturated rings. The SMILES string of the molecule is CCOC(=O)C1=CN(C(=O)C(C)c2ccc(C)cc2)CCc2c1[nH]c1ccccc21. The number of amides is 1. The standard InChI is InChI=1S/C25H26N2O3/c1-4-30-25(29)21-15-27(24(28)17(3)18-11-9-16(2)10-12-18)14-13-20-19-7-5-6-8-22(19)26-23(20)21/h5-12,15,17,26H,4,13-14H2,1-3H3. The minimum absolute atomic E-state index is 0.0323. The zero-order chi connectivity index (χ0) is 21.3. The van der Waals surface area contributed by atoms with Crippen LogP contribution in [-0.4, -0.2) is 34.9 Å². The van der Waals surface area contributed by atoms with Gasteiger partial charge in [-0.05, 0) is 44.4 Å². The molecule has 1 aliphatic rings. The minimum atomic E-state index is -0.423. The lowest BCUT2D eigenvalue weighted by molar-refractivity contribution is -0.136. The maximum absolute atomic E-state index is 13.3. The second-order valence-electron chi connectivity index (χ2n) is 7.70. The molecule has 1 amide bonds. The number of para-hydroxylation sites is 1. The molecule has 5 nitrogen and oxygen atoms in total. The van der Waals surface area contributed by atoms with Crippen molar-refractivity contribution in [1.29, 1.82) is 0 Å². The van der Waals surface area contributed by atoms with Crippen molar-refractivity contribution in [2.75, 3.05) is 13.2 Å². The number of rotatable bonds is 4. The van der Waals surface area contributed by atoms with Crippen LogP contribution in [0.2, 0.25) is 0 Å². The highest BCUT2D eigenvalue weighted by Crippen LogP contribution is 2.32. The van der Waals surface area contributed by atoms with Crippen LogP contribution in [0, 0.1) is 6.92 Å². The Hall–Kier alpha value is -3.34. The summed E-state index contributed by atoms with van der Waals surface area (Å²) in [4.78, 5) is 31.1. The maximum atomic E-state index is 13.3. The van der Waals surface area contributed by atoms with Crippen molar-refractivity contribution < 1.29 is 14.3 Å². The molecule has 1 aromatic heterocycles. The van der Waals surface area contributed by atoms with Crippen LogP contribution < -0.4 is 0 Å². The van der Waals surface area contributed by atoms with Crippen molar-refractivity contribution in [3.8, 4) is 0 Å². The lowest BCUT2D eigenvalue weighted by atomic mass is 9.98. The van der Waals surface area contributed by atoms with E-state index < -0.39 is 5.97 Å². The molecule has 3 aromatic rings. The Morgan fingerprint density at radius 3 is 2.60 bits per heavy atom. The Morgan fingerprint density at radius 2 is 1.87 bits per heavy atom. The molecule has 30 heavy (non-hydrogen) atoms. The number of benzene rings is 2. The molecule has 0 bridgehead atoms. The lowest BCUT2D eigenvalue weighted by Gasteiger charge is -2.22. The van der Waals surface area contributed by atoms with Gasteiger partial charge in [0, 0.05) is 23.6 Å². The van der Waals surface area contributed by atoms with E-state index in [0.717, 1.165) is 33.3 Å². The zero-order valence-corrected chi connectivity index (χ0v) is 17.6. The van der Waals surface area contributed by atoms with E-state index in [1.807, 2.05) is 62.4 Å². The molecule has 1 aliphatic heterocycles. The Kier molecular flexibility index (Phi) is 5.44. The van der Waals surface area contributed by atoms with Crippen molar-refractivity contribution >= 4 is 28.4 Å². The van der Waals surface area contributed by atoms with Gasteiger partial charge < -0.3 is 14.6 Å². The first-order chi connectivity index (χ1) is 14.5. The van der Waals surface area contributed by atoms with Crippen molar-refractivity contribution in [3.63, 3.8) is 0 Å². The second kappa shape index (κ2) is 8.19. The van der Waals surface area contributed by atoms with E-state index >= 15 is 0 Å². The topological polar surface area (TPSA) is 62.4 Å². The number of nitrogens with zero attached hydrogens (tertiary/aromatic N) is 1. The van der Waals surface area contributed by atoms with Gasteiger partial charge in [-0.2, -0.15) is 0 Å². The Labute approximate surface area is 176 Å². The molecule has 5 heteroatoms. The van der Waals surface area contributed by atoms with Gasteiger partial charge in [-0.15, -0.1) is 0 Å². The number of esters is 1. The molecule has 1 N–H and O–H groups in total. The quantitative estimate of drug-likeness (QED) is 0.651. The van der Waals surface area contributed by atoms with Crippen LogP contribution in [-0.2, 0) is 20.7 Å². The Balaban J connectivity index is 1.73. The van der Waals surface area contributed by atoms with Gasteiger partial charge in [0.25, 0.3) is 0 Å². The number of H-pyrrole nitrogens is 1. The van der Waals surface area contributed by atoms with Crippen LogP contribution in [0.3, 0.4) is 0 Å². The molecule has 0 radical (unpaired) electrons. The van der Waals surface area contributed by atoms with E-state index in [9.17, 15) is 9.59 Å². The molecule has 1 atom stereocenters. The van der Waals surface area contributed by atoms with Gasteiger partial charge in [-0.25, -0.2) is 4.79 Å². The number of aryl methyl sites for hydroxylation is 1. The minimum Gasteiger partial charge on any atom is -0.462 e. The molecule has 2 heterocycles. The van der Waals surface area contributed by atoms with Crippen LogP contribution in [0.15, 0.2) is 54.7 Å². The van der Waals surface area contributed by atoms with E-state index in [4.69, 9.17) is 4.74 Å². The van der Waals surface area contributed by atoms with E-state index in [-0.39, 0.29) is 18.4 Å². The van der Waals surface area contributed by atoms with Gasteiger partial charge in [-0.3, -0.25) is 4.79 Å². The fourth-order valence-corrected chi connectivity index (χ4v) is 3.99. The molecule has 154 valence electrons. The predicted octanol–water partition coefficient (Wildman–Crippen LogP) is 4.57. The highest BCUT2D eigenvalue weighted by atomic mass is 16.5. The van der Waals surface area contributed by atoms with Crippen LogP contribution in [0.1, 0.15) is 42.1 Å². The largest absolute Gasteiger partial charge is 0.462 e. The third-order valence-electron chi connectivity index (χ3n) is 5.70. The number of hydrogen-bond acceptors (Lipinski definition) is 3. The van der Waals surface area contributed by atoms with Crippen LogP contribution in [0.25, 0.3) is 16.5 Å². The lowest BCUT2D eigenvalue weighted by Crippen LogP contribution is -2.31. The number of ether oxygens (including phenoxy) is 1. The molecule has 0 saturated carbocycles. The average molecular weight is 402 g/mol. The van der Waals surface area contributed by atoms with Gasteiger partial charge in [0.1, 0.15) is 0 Å². The number of aromatic amines is 1. The van der Waals surface area contributed by atoms with Gasteiger partial charge in [0.15, 0.2) is 0 Å². The van der Waals surface area contributed by atoms with E-state index in [2.05, 4.69) is 4.98 Å².